The maximum absolute atomic E-state index is 13.2. The molecule has 0 aliphatic carbocycles. The van der Waals surface area contributed by atoms with Crippen LogP contribution < -0.4 is 5.32 Å². The number of nitrogens with one attached hydrogen (secondary N) is 1. The van der Waals surface area contributed by atoms with Crippen LogP contribution in [0.1, 0.15) is 29.8 Å². The van der Waals surface area contributed by atoms with Gasteiger partial charge in [-0.3, -0.25) is 4.79 Å². The number of carbonyl (C=O) groups excluding carboxylic acids is 1. The third-order valence-corrected chi connectivity index (χ3v) is 4.94. The van der Waals surface area contributed by atoms with Crippen LogP contribution in [0, 0.1) is 12.7 Å². The summed E-state index contributed by atoms with van der Waals surface area (Å²) in [6.07, 6.45) is 3.47. The normalized spacial score (nSPS) is 11.0. The van der Waals surface area contributed by atoms with Gasteiger partial charge in [0.1, 0.15) is 17.2 Å². The first kappa shape index (κ1) is 19.8. The third-order valence-electron chi connectivity index (χ3n) is 4.94. The minimum Gasteiger partial charge on any atom is -0.326 e. The van der Waals surface area contributed by atoms with E-state index in [1.807, 2.05) is 47.9 Å². The van der Waals surface area contributed by atoms with Crippen molar-refractivity contribution in [2.45, 2.75) is 32.7 Å². The molecule has 0 aliphatic rings. The standard InChI is InChI=1S/C24H23FN4O/c1-17-5-2-6-20(15-17)27-23(30)9-3-8-22-28-21-7-4-14-26-24(21)29(22)16-18-10-12-19(25)13-11-18/h2,4-7,10-15H,3,8-9,16H2,1H3,(H,27,30). The van der Waals surface area contributed by atoms with E-state index in [1.54, 1.807) is 18.3 Å². The van der Waals surface area contributed by atoms with Gasteiger partial charge in [0.2, 0.25) is 5.91 Å². The molecule has 30 heavy (non-hydrogen) atoms. The second kappa shape index (κ2) is 8.86. The summed E-state index contributed by atoms with van der Waals surface area (Å²) in [6.45, 7) is 2.55. The van der Waals surface area contributed by atoms with Gasteiger partial charge in [-0.1, -0.05) is 24.3 Å². The first-order chi connectivity index (χ1) is 14.6. The molecule has 0 unspecified atom stereocenters. The van der Waals surface area contributed by atoms with Crippen LogP contribution in [-0.4, -0.2) is 20.4 Å². The van der Waals surface area contributed by atoms with Gasteiger partial charge in [-0.2, -0.15) is 0 Å². The van der Waals surface area contributed by atoms with Crippen LogP contribution in [0.2, 0.25) is 0 Å². The summed E-state index contributed by atoms with van der Waals surface area (Å²) < 4.78 is 15.3. The fourth-order valence-corrected chi connectivity index (χ4v) is 3.49. The number of anilines is 1. The Hall–Kier alpha value is -3.54. The van der Waals surface area contributed by atoms with Crippen LogP contribution in [0.25, 0.3) is 11.2 Å². The molecule has 0 aliphatic heterocycles. The van der Waals surface area contributed by atoms with Crippen LogP contribution in [0.5, 0.6) is 0 Å². The Balaban J connectivity index is 1.45. The predicted octanol–water partition coefficient (Wildman–Crippen LogP) is 4.89. The smallest absolute Gasteiger partial charge is 0.224 e. The van der Waals surface area contributed by atoms with Crippen LogP contribution in [0.4, 0.5) is 10.1 Å². The van der Waals surface area contributed by atoms with Gasteiger partial charge in [0.25, 0.3) is 0 Å². The van der Waals surface area contributed by atoms with Gasteiger partial charge < -0.3 is 9.88 Å². The van der Waals surface area contributed by atoms with Gasteiger partial charge in [0.15, 0.2) is 5.65 Å². The number of carbonyl (C=O) groups is 1. The molecule has 0 atom stereocenters. The van der Waals surface area contributed by atoms with Crippen molar-refractivity contribution in [2.24, 2.45) is 0 Å². The Labute approximate surface area is 174 Å². The molecule has 5 nitrogen and oxygen atoms in total. The summed E-state index contributed by atoms with van der Waals surface area (Å²) in [5, 5.41) is 2.94. The zero-order chi connectivity index (χ0) is 20.9. The number of hydrogen-bond donors (Lipinski definition) is 1. The lowest BCUT2D eigenvalue weighted by Crippen LogP contribution is -2.12. The highest BCUT2D eigenvalue weighted by molar-refractivity contribution is 5.90. The molecule has 152 valence electrons. The van der Waals surface area contributed by atoms with Gasteiger partial charge in [-0.25, -0.2) is 14.4 Å². The third kappa shape index (κ3) is 4.71. The van der Waals surface area contributed by atoms with Crippen molar-refractivity contribution >= 4 is 22.8 Å². The second-order valence-electron chi connectivity index (χ2n) is 7.36. The lowest BCUT2D eigenvalue weighted by atomic mass is 10.2. The summed E-state index contributed by atoms with van der Waals surface area (Å²) in [4.78, 5) is 21.5. The topological polar surface area (TPSA) is 59.8 Å². The number of nitrogens with zero attached hydrogens (tertiary/aromatic N) is 3. The van der Waals surface area contributed by atoms with Gasteiger partial charge in [0.05, 0.1) is 6.54 Å². The van der Waals surface area contributed by atoms with Crippen molar-refractivity contribution < 1.29 is 9.18 Å². The molecule has 0 spiro atoms. The molecule has 2 aromatic heterocycles. The Kier molecular flexibility index (Phi) is 5.84. The maximum Gasteiger partial charge on any atom is 0.224 e. The number of benzene rings is 2. The largest absolute Gasteiger partial charge is 0.326 e. The first-order valence-corrected chi connectivity index (χ1v) is 9.99. The van der Waals surface area contributed by atoms with E-state index in [4.69, 9.17) is 4.98 Å². The van der Waals surface area contributed by atoms with E-state index in [0.717, 1.165) is 33.8 Å². The van der Waals surface area contributed by atoms with Crippen molar-refractivity contribution in [3.63, 3.8) is 0 Å². The van der Waals surface area contributed by atoms with E-state index < -0.39 is 0 Å². The molecule has 6 heteroatoms. The number of fused-ring (bicyclic) bond motifs is 1. The average molecular weight is 402 g/mol. The van der Waals surface area contributed by atoms with Crippen molar-refractivity contribution in [2.75, 3.05) is 5.32 Å². The molecule has 0 bridgehead atoms. The van der Waals surface area contributed by atoms with E-state index in [0.29, 0.717) is 25.8 Å². The van der Waals surface area contributed by atoms with Crippen LogP contribution in [0.3, 0.4) is 0 Å². The minimum absolute atomic E-state index is 0.0140. The van der Waals surface area contributed by atoms with Gasteiger partial charge >= 0.3 is 0 Å². The summed E-state index contributed by atoms with van der Waals surface area (Å²) in [7, 11) is 0. The molecule has 4 aromatic rings. The Morgan fingerprint density at radius 3 is 2.73 bits per heavy atom. The highest BCUT2D eigenvalue weighted by Gasteiger charge is 2.13. The molecule has 2 aromatic carbocycles. The van der Waals surface area contributed by atoms with E-state index >= 15 is 0 Å². The lowest BCUT2D eigenvalue weighted by molar-refractivity contribution is -0.116. The van der Waals surface area contributed by atoms with E-state index in [1.165, 1.54) is 12.1 Å². The summed E-state index contributed by atoms with van der Waals surface area (Å²) in [6, 6.07) is 18.0. The fourth-order valence-electron chi connectivity index (χ4n) is 3.49. The number of imidazole rings is 1. The quantitative estimate of drug-likeness (QED) is 0.479. The summed E-state index contributed by atoms with van der Waals surface area (Å²) in [5.74, 6) is 0.600. The molecule has 4 rings (SSSR count). The molecule has 2 heterocycles. The maximum atomic E-state index is 13.2. The number of aryl methyl sites for hydroxylation is 2. The molecule has 0 saturated carbocycles. The fraction of sp³-hybridized carbons (Fsp3) is 0.208. The number of amides is 1. The summed E-state index contributed by atoms with van der Waals surface area (Å²) >= 11 is 0. The zero-order valence-electron chi connectivity index (χ0n) is 16.8. The van der Waals surface area contributed by atoms with Crippen LogP contribution in [-0.2, 0) is 17.8 Å². The van der Waals surface area contributed by atoms with E-state index in [-0.39, 0.29) is 11.7 Å². The Bertz CT molecular complexity index is 1170. The van der Waals surface area contributed by atoms with Crippen LogP contribution >= 0.6 is 0 Å². The molecule has 1 N–H and O–H groups in total. The van der Waals surface area contributed by atoms with Crippen molar-refractivity contribution in [3.05, 3.63) is 89.6 Å². The molecule has 0 saturated heterocycles. The molecular formula is C24H23FN4O. The van der Waals surface area contributed by atoms with Crippen molar-refractivity contribution in [3.8, 4) is 0 Å². The zero-order valence-corrected chi connectivity index (χ0v) is 16.8. The monoisotopic (exact) mass is 402 g/mol. The number of hydrogen-bond acceptors (Lipinski definition) is 3. The van der Waals surface area contributed by atoms with Crippen molar-refractivity contribution in [1.29, 1.82) is 0 Å². The highest BCUT2D eigenvalue weighted by Crippen LogP contribution is 2.18. The SMILES string of the molecule is Cc1cccc(NC(=O)CCCc2nc3cccnc3n2Cc2ccc(F)cc2)c1. The van der Waals surface area contributed by atoms with Gasteiger partial charge in [-0.15, -0.1) is 0 Å². The van der Waals surface area contributed by atoms with Gasteiger partial charge in [0, 0.05) is 24.7 Å². The van der Waals surface area contributed by atoms with Crippen LogP contribution in [0.15, 0.2) is 66.9 Å². The molecule has 0 radical (unpaired) electrons. The Morgan fingerprint density at radius 2 is 1.93 bits per heavy atom. The van der Waals surface area contributed by atoms with E-state index in [9.17, 15) is 9.18 Å². The molecular weight excluding hydrogens is 379 g/mol. The molecule has 0 fully saturated rings. The first-order valence-electron chi connectivity index (χ1n) is 9.99. The Morgan fingerprint density at radius 1 is 1.10 bits per heavy atom. The minimum atomic E-state index is -0.257. The average Bonchev–Trinajstić information content (AvgIpc) is 3.07. The number of pyridine rings is 1. The number of halogens is 1. The second-order valence-corrected chi connectivity index (χ2v) is 7.36. The predicted molar refractivity (Wildman–Crippen MR) is 116 cm³/mol. The van der Waals surface area contributed by atoms with Gasteiger partial charge in [-0.05, 0) is 60.9 Å². The highest BCUT2D eigenvalue weighted by atomic mass is 19.1. The summed E-state index contributed by atoms with van der Waals surface area (Å²) in [5.41, 5.74) is 4.50. The molecule has 1 amide bonds. The number of aromatic nitrogens is 3. The van der Waals surface area contributed by atoms with E-state index in [2.05, 4.69) is 10.3 Å². The number of rotatable bonds is 7. The van der Waals surface area contributed by atoms with Crippen molar-refractivity contribution in [1.82, 2.24) is 14.5 Å². The lowest BCUT2D eigenvalue weighted by Gasteiger charge is -2.09.